The number of likely N-dealkylation sites (N-methyl/N-ethyl adjacent to an activating group) is 1. The summed E-state index contributed by atoms with van der Waals surface area (Å²) < 4.78 is 25.0. The van der Waals surface area contributed by atoms with Gasteiger partial charge < -0.3 is 38.8 Å². The molecule has 54 heavy (non-hydrogen) atoms. The van der Waals surface area contributed by atoms with Crippen LogP contribution in [0.5, 0.6) is 6.01 Å². The van der Waals surface area contributed by atoms with Gasteiger partial charge in [-0.15, -0.1) is 0 Å². The Morgan fingerprint density at radius 2 is 1.83 bits per heavy atom. The van der Waals surface area contributed by atoms with Crippen molar-refractivity contribution in [1.29, 1.82) is 0 Å². The van der Waals surface area contributed by atoms with Crippen LogP contribution >= 0.6 is 0 Å². The number of nitrogens with zero attached hydrogens (tertiary/aromatic N) is 7. The van der Waals surface area contributed by atoms with Gasteiger partial charge in [-0.1, -0.05) is 61.4 Å². The molecule has 294 valence electrons. The zero-order valence-electron chi connectivity index (χ0n) is 32.1. The maximum absolute atomic E-state index is 13.1. The van der Waals surface area contributed by atoms with Crippen molar-refractivity contribution in [2.75, 3.05) is 52.9 Å². The number of hydrogen-bond acceptors (Lipinski definition) is 12. The molecule has 0 bridgehead atoms. The topological polar surface area (TPSA) is 162 Å². The summed E-state index contributed by atoms with van der Waals surface area (Å²) in [4.78, 5) is 44.3. The second-order valence-electron chi connectivity index (χ2n) is 14.8. The van der Waals surface area contributed by atoms with Gasteiger partial charge in [0.1, 0.15) is 17.8 Å². The summed E-state index contributed by atoms with van der Waals surface area (Å²) in [6.45, 7) is 11.1. The quantitative estimate of drug-likeness (QED) is 0.165. The molecule has 0 spiro atoms. The number of rotatable bonds is 9. The predicted molar refractivity (Wildman–Crippen MR) is 200 cm³/mol. The molecule has 5 rings (SSSR count). The molecule has 1 aromatic heterocycles. The van der Waals surface area contributed by atoms with Gasteiger partial charge in [-0.3, -0.25) is 4.79 Å². The molecule has 15 heteroatoms. The second kappa shape index (κ2) is 19.0. The monoisotopic (exact) mass is 749 g/mol. The molecule has 4 heterocycles. The van der Waals surface area contributed by atoms with Crippen molar-refractivity contribution >= 4 is 18.2 Å². The van der Waals surface area contributed by atoms with Gasteiger partial charge in [-0.05, 0) is 74.4 Å². The number of piperazine rings is 1. The van der Waals surface area contributed by atoms with Crippen LogP contribution in [-0.2, 0) is 19.0 Å². The minimum Gasteiger partial charge on any atom is -0.457 e. The molecule has 0 aliphatic carbocycles. The van der Waals surface area contributed by atoms with Crippen LogP contribution in [0.2, 0.25) is 0 Å². The van der Waals surface area contributed by atoms with Crippen LogP contribution in [0.15, 0.2) is 66.3 Å². The van der Waals surface area contributed by atoms with E-state index >= 15 is 0 Å². The van der Waals surface area contributed by atoms with E-state index in [1.165, 1.54) is 4.68 Å². The number of cyclic esters (lactones) is 1. The van der Waals surface area contributed by atoms with E-state index in [4.69, 9.17) is 18.9 Å². The fourth-order valence-electron chi connectivity index (χ4n) is 6.60. The zero-order valence-corrected chi connectivity index (χ0v) is 32.1. The van der Waals surface area contributed by atoms with Crippen molar-refractivity contribution in [2.24, 2.45) is 11.8 Å². The van der Waals surface area contributed by atoms with Gasteiger partial charge in [0.05, 0.1) is 18.8 Å². The van der Waals surface area contributed by atoms with Crippen LogP contribution in [-0.4, -0.2) is 135 Å². The summed E-state index contributed by atoms with van der Waals surface area (Å²) in [5, 5.41) is 23.2. The van der Waals surface area contributed by atoms with Gasteiger partial charge in [0.25, 0.3) is 0 Å². The summed E-state index contributed by atoms with van der Waals surface area (Å²) >= 11 is 0. The molecule has 1 N–H and O–H groups in total. The summed E-state index contributed by atoms with van der Waals surface area (Å²) in [5.41, 5.74) is 0.283. The number of likely N-dealkylation sites (tertiary alicyclic amines) is 1. The Morgan fingerprint density at radius 1 is 1.07 bits per heavy atom. The van der Waals surface area contributed by atoms with Crippen molar-refractivity contribution < 1.29 is 38.4 Å². The lowest BCUT2D eigenvalue weighted by molar-refractivity contribution is -0.149. The number of ether oxygens (including phenoxy) is 4. The van der Waals surface area contributed by atoms with Crippen molar-refractivity contribution in [1.82, 2.24) is 34.9 Å². The lowest BCUT2D eigenvalue weighted by atomic mass is 9.89. The number of para-hydroxylation sites is 1. The van der Waals surface area contributed by atoms with E-state index in [0.29, 0.717) is 51.9 Å². The lowest BCUT2D eigenvalue weighted by Gasteiger charge is -2.36. The number of carbonyl (C=O) groups is 3. The molecule has 2 aromatic rings. The van der Waals surface area contributed by atoms with Gasteiger partial charge in [-0.25, -0.2) is 9.59 Å². The Morgan fingerprint density at radius 3 is 2.59 bits per heavy atom. The number of esters is 1. The molecule has 3 aliphatic heterocycles. The predicted octanol–water partition coefficient (Wildman–Crippen LogP) is 4.57. The SMILES string of the molecule is C/C(=C\C=C\C(C)COC(=O)N1CC[C@H](Oc2nnnn2-c2ccccc2)C1)[C@H]1OC(=O)CCCC[C@](C)(O)[C@@H](OC(=O)N2CCN(C)CC2)/C=C/[C@@H]1C. The third-order valence-electron chi connectivity index (χ3n) is 10.1. The Balaban J connectivity index is 1.13. The maximum Gasteiger partial charge on any atom is 0.410 e. The van der Waals surface area contributed by atoms with E-state index in [2.05, 4.69) is 20.4 Å². The number of carbonyl (C=O) groups excluding carboxylic acids is 3. The molecule has 0 saturated carbocycles. The highest BCUT2D eigenvalue weighted by atomic mass is 16.6. The Hall–Kier alpha value is -4.76. The molecule has 2 fully saturated rings. The molecule has 2 amide bonds. The summed E-state index contributed by atoms with van der Waals surface area (Å²) in [5.74, 6) is -0.673. The van der Waals surface area contributed by atoms with E-state index in [9.17, 15) is 19.5 Å². The summed E-state index contributed by atoms with van der Waals surface area (Å²) in [6.07, 6.45) is 9.01. The van der Waals surface area contributed by atoms with E-state index in [-0.39, 0.29) is 42.9 Å². The van der Waals surface area contributed by atoms with Crippen LogP contribution in [0.25, 0.3) is 5.69 Å². The number of hydrogen-bond donors (Lipinski definition) is 1. The minimum atomic E-state index is -1.31. The highest BCUT2D eigenvalue weighted by Gasteiger charge is 2.36. The molecule has 1 aromatic carbocycles. The first-order valence-corrected chi connectivity index (χ1v) is 18.9. The Labute approximate surface area is 317 Å². The first kappa shape index (κ1) is 40.4. The number of tetrazole rings is 1. The largest absolute Gasteiger partial charge is 0.457 e. The molecule has 15 nitrogen and oxygen atoms in total. The van der Waals surface area contributed by atoms with Crippen LogP contribution in [0, 0.1) is 11.8 Å². The molecule has 2 saturated heterocycles. The summed E-state index contributed by atoms with van der Waals surface area (Å²) in [6, 6.07) is 9.70. The molecule has 6 atom stereocenters. The molecular formula is C39H55N7O8. The smallest absolute Gasteiger partial charge is 0.410 e. The van der Waals surface area contributed by atoms with Crippen molar-refractivity contribution in [3.63, 3.8) is 0 Å². The third kappa shape index (κ3) is 11.4. The normalized spacial score (nSPS) is 27.4. The Bertz CT molecular complexity index is 1640. The van der Waals surface area contributed by atoms with Crippen LogP contribution in [0.3, 0.4) is 0 Å². The van der Waals surface area contributed by atoms with Gasteiger partial charge in [0.2, 0.25) is 0 Å². The van der Waals surface area contributed by atoms with E-state index in [1.807, 2.05) is 82.5 Å². The third-order valence-corrected chi connectivity index (χ3v) is 10.1. The average Bonchev–Trinajstić information content (AvgIpc) is 3.83. The standard InChI is InChI=1S/C39H55N7O8/c1-28(27-51-37(48)45-21-19-32(26-45)52-36-40-41-42-46(36)31-14-7-6-8-15-31)12-11-13-29(2)35-30(3)17-18-33(39(4,50)20-10-9-16-34(47)54-35)53-38(49)44-24-22-43(5)23-25-44/h6-8,11-15,17-18,28,30,32-33,35,50H,9-10,16,19-27H2,1-5H3/b12-11+,18-17+,29-13+/t28?,30-,32-,33-,35+,39-/m0/s1. The van der Waals surface area contributed by atoms with Crippen LogP contribution in [0.1, 0.15) is 59.8 Å². The van der Waals surface area contributed by atoms with E-state index in [1.54, 1.807) is 22.8 Å². The van der Waals surface area contributed by atoms with Crippen molar-refractivity contribution in [2.45, 2.75) is 83.7 Å². The number of aromatic nitrogens is 4. The van der Waals surface area contributed by atoms with Gasteiger partial charge in [0.15, 0.2) is 6.10 Å². The summed E-state index contributed by atoms with van der Waals surface area (Å²) in [7, 11) is 2.02. The fraction of sp³-hybridized carbons (Fsp3) is 0.590. The average molecular weight is 750 g/mol. The van der Waals surface area contributed by atoms with Gasteiger partial charge >= 0.3 is 24.2 Å². The van der Waals surface area contributed by atoms with E-state index < -0.39 is 30.0 Å². The molecule has 3 aliphatic rings. The van der Waals surface area contributed by atoms with Crippen molar-refractivity contribution in [3.8, 4) is 11.7 Å². The highest BCUT2D eigenvalue weighted by molar-refractivity contribution is 5.70. The Kier molecular flexibility index (Phi) is 14.2. The van der Waals surface area contributed by atoms with Crippen molar-refractivity contribution in [3.05, 3.63) is 66.3 Å². The minimum absolute atomic E-state index is 0.0858. The first-order valence-electron chi connectivity index (χ1n) is 18.9. The number of aliphatic hydroxyl groups is 1. The molecular weight excluding hydrogens is 694 g/mol. The van der Waals surface area contributed by atoms with Crippen LogP contribution in [0.4, 0.5) is 9.59 Å². The first-order chi connectivity index (χ1) is 25.9. The fourth-order valence-corrected chi connectivity index (χ4v) is 6.60. The van der Waals surface area contributed by atoms with E-state index in [0.717, 1.165) is 24.4 Å². The number of amides is 2. The molecule has 1 unspecified atom stereocenters. The van der Waals surface area contributed by atoms with Gasteiger partial charge in [-0.2, -0.15) is 4.68 Å². The van der Waals surface area contributed by atoms with Crippen LogP contribution < -0.4 is 4.74 Å². The number of allylic oxidation sites excluding steroid dienone is 2. The zero-order chi connectivity index (χ0) is 38.7. The highest BCUT2D eigenvalue weighted by Crippen LogP contribution is 2.27. The lowest BCUT2D eigenvalue weighted by Crippen LogP contribution is -2.50. The molecule has 0 radical (unpaired) electrons. The van der Waals surface area contributed by atoms with Gasteiger partial charge in [0, 0.05) is 57.4 Å². The number of benzene rings is 1. The maximum atomic E-state index is 13.1. The second-order valence-corrected chi connectivity index (χ2v) is 14.8.